The van der Waals surface area contributed by atoms with E-state index in [2.05, 4.69) is 18.9 Å². The molecule has 2 aliphatic rings. The topological polar surface area (TPSA) is 29.5 Å². The van der Waals surface area contributed by atoms with Crippen molar-refractivity contribution >= 4 is 5.91 Å². The summed E-state index contributed by atoms with van der Waals surface area (Å²) >= 11 is 0. The number of carbonyl (C=O) groups is 1. The zero-order valence-electron chi connectivity index (χ0n) is 20.3. The Balaban J connectivity index is 1.65. The van der Waals surface area contributed by atoms with Gasteiger partial charge in [0.25, 0.3) is 0 Å². The van der Waals surface area contributed by atoms with Crippen LogP contribution in [0.5, 0.6) is 0 Å². The van der Waals surface area contributed by atoms with E-state index in [1.54, 1.807) is 0 Å². The van der Waals surface area contributed by atoms with Gasteiger partial charge in [-0.15, -0.1) is 0 Å². The molecule has 2 saturated heterocycles. The van der Waals surface area contributed by atoms with E-state index in [1.165, 1.54) is 103 Å². The number of nitrogens with zero attached hydrogens (tertiary/aromatic N) is 2. The SMILES string of the molecule is CCCCCCCCCCCCOC(CN1CCCC1=O)C[N+]1(C)CCCCCC1. The average Bonchev–Trinajstić information content (AvgIpc) is 3.00. The van der Waals surface area contributed by atoms with Gasteiger partial charge in [-0.2, -0.15) is 0 Å². The first-order valence-corrected chi connectivity index (χ1v) is 13.4. The summed E-state index contributed by atoms with van der Waals surface area (Å²) in [5.41, 5.74) is 0. The van der Waals surface area contributed by atoms with Crippen molar-refractivity contribution in [3.05, 3.63) is 0 Å². The molecular weight excluding hydrogens is 372 g/mol. The number of carbonyl (C=O) groups excluding carboxylic acids is 1. The Kier molecular flexibility index (Phi) is 13.0. The molecule has 2 fully saturated rings. The van der Waals surface area contributed by atoms with Crippen molar-refractivity contribution < 1.29 is 14.0 Å². The van der Waals surface area contributed by atoms with Crippen LogP contribution in [0.1, 0.15) is 110 Å². The lowest BCUT2D eigenvalue weighted by Gasteiger charge is -2.37. The zero-order valence-corrected chi connectivity index (χ0v) is 20.3. The number of unbranched alkanes of at least 4 members (excludes halogenated alkanes) is 9. The Morgan fingerprint density at radius 3 is 2.03 bits per heavy atom. The second-order valence-corrected chi connectivity index (χ2v) is 10.3. The number of hydrogen-bond donors (Lipinski definition) is 0. The van der Waals surface area contributed by atoms with Crippen LogP contribution in [-0.4, -0.2) is 67.8 Å². The van der Waals surface area contributed by atoms with Crippen molar-refractivity contribution in [2.24, 2.45) is 0 Å². The Labute approximate surface area is 187 Å². The van der Waals surface area contributed by atoms with Crippen LogP contribution in [0.15, 0.2) is 0 Å². The summed E-state index contributed by atoms with van der Waals surface area (Å²) in [5.74, 6) is 0.334. The summed E-state index contributed by atoms with van der Waals surface area (Å²) in [6.07, 6.45) is 21.0. The van der Waals surface area contributed by atoms with Crippen LogP contribution in [0.25, 0.3) is 0 Å². The summed E-state index contributed by atoms with van der Waals surface area (Å²) < 4.78 is 7.55. The van der Waals surface area contributed by atoms with Gasteiger partial charge in [0.1, 0.15) is 12.6 Å². The molecule has 0 spiro atoms. The van der Waals surface area contributed by atoms with E-state index < -0.39 is 0 Å². The Morgan fingerprint density at radius 1 is 0.867 bits per heavy atom. The number of amides is 1. The van der Waals surface area contributed by atoms with Gasteiger partial charge in [0.2, 0.25) is 5.91 Å². The van der Waals surface area contributed by atoms with E-state index in [4.69, 9.17) is 4.74 Å². The molecule has 4 heteroatoms. The number of likely N-dealkylation sites (N-methyl/N-ethyl adjacent to an activating group) is 1. The van der Waals surface area contributed by atoms with E-state index in [0.717, 1.165) is 43.6 Å². The quantitative estimate of drug-likeness (QED) is 0.227. The van der Waals surface area contributed by atoms with Crippen LogP contribution in [0.4, 0.5) is 0 Å². The smallest absolute Gasteiger partial charge is 0.222 e. The fourth-order valence-electron chi connectivity index (χ4n) is 5.27. The van der Waals surface area contributed by atoms with E-state index in [9.17, 15) is 4.79 Å². The lowest BCUT2D eigenvalue weighted by molar-refractivity contribution is -0.911. The molecule has 4 nitrogen and oxygen atoms in total. The molecular formula is C26H51N2O2+. The van der Waals surface area contributed by atoms with Gasteiger partial charge in [0.15, 0.2) is 0 Å². The number of rotatable bonds is 16. The highest BCUT2D eigenvalue weighted by Gasteiger charge is 2.31. The van der Waals surface area contributed by atoms with Crippen molar-refractivity contribution in [1.82, 2.24) is 4.90 Å². The van der Waals surface area contributed by atoms with Crippen LogP contribution in [0.2, 0.25) is 0 Å². The van der Waals surface area contributed by atoms with Crippen LogP contribution in [0, 0.1) is 0 Å². The van der Waals surface area contributed by atoms with E-state index in [0.29, 0.717) is 5.91 Å². The second kappa shape index (κ2) is 15.2. The average molecular weight is 424 g/mol. The molecule has 30 heavy (non-hydrogen) atoms. The number of quaternary nitrogens is 1. The van der Waals surface area contributed by atoms with Crippen LogP contribution >= 0.6 is 0 Å². The minimum absolute atomic E-state index is 0.203. The monoisotopic (exact) mass is 423 g/mol. The zero-order chi connectivity index (χ0) is 21.5. The number of ether oxygens (including phenoxy) is 1. The molecule has 176 valence electrons. The molecule has 0 aromatic carbocycles. The maximum atomic E-state index is 12.2. The number of likely N-dealkylation sites (tertiary alicyclic amines) is 2. The van der Waals surface area contributed by atoms with Gasteiger partial charge in [-0.1, -0.05) is 64.7 Å². The lowest BCUT2D eigenvalue weighted by atomic mass is 10.1. The molecule has 0 aromatic heterocycles. The predicted octanol–water partition coefficient (Wildman–Crippen LogP) is 5.94. The van der Waals surface area contributed by atoms with E-state index >= 15 is 0 Å². The molecule has 0 bridgehead atoms. The third kappa shape index (κ3) is 10.6. The summed E-state index contributed by atoms with van der Waals surface area (Å²) in [7, 11) is 2.41. The summed E-state index contributed by atoms with van der Waals surface area (Å²) in [4.78, 5) is 14.2. The predicted molar refractivity (Wildman–Crippen MR) is 127 cm³/mol. The standard InChI is InChI=1S/C26H51N2O2/c1-3-4-5-6-7-8-9-10-13-16-22-30-25(23-27-19-17-18-26(27)29)24-28(2)20-14-11-12-15-21-28/h25H,3-24H2,1-2H3/q+1. The first-order chi connectivity index (χ1) is 14.6. The molecule has 2 aliphatic heterocycles. The van der Waals surface area contributed by atoms with Crippen LogP contribution < -0.4 is 0 Å². The minimum Gasteiger partial charge on any atom is -0.370 e. The van der Waals surface area contributed by atoms with Crippen LogP contribution in [0.3, 0.4) is 0 Å². The minimum atomic E-state index is 0.203. The van der Waals surface area contributed by atoms with Crippen molar-refractivity contribution in [2.45, 2.75) is 116 Å². The molecule has 0 aliphatic carbocycles. The summed E-state index contributed by atoms with van der Waals surface area (Å²) in [5, 5.41) is 0. The highest BCUT2D eigenvalue weighted by molar-refractivity contribution is 5.78. The molecule has 1 atom stereocenters. The highest BCUT2D eigenvalue weighted by Crippen LogP contribution is 2.19. The Morgan fingerprint density at radius 2 is 1.47 bits per heavy atom. The summed E-state index contributed by atoms with van der Waals surface area (Å²) in [6.45, 7) is 8.50. The van der Waals surface area contributed by atoms with E-state index in [1.807, 2.05) is 0 Å². The number of hydrogen-bond acceptors (Lipinski definition) is 2. The fourth-order valence-corrected chi connectivity index (χ4v) is 5.27. The third-order valence-corrected chi connectivity index (χ3v) is 7.24. The summed E-state index contributed by atoms with van der Waals surface area (Å²) in [6, 6.07) is 0. The Hall–Kier alpha value is -0.610. The van der Waals surface area contributed by atoms with Gasteiger partial charge in [-0.25, -0.2) is 0 Å². The van der Waals surface area contributed by atoms with Gasteiger partial charge in [-0.05, 0) is 38.5 Å². The van der Waals surface area contributed by atoms with Gasteiger partial charge < -0.3 is 14.1 Å². The van der Waals surface area contributed by atoms with Crippen molar-refractivity contribution in [2.75, 3.05) is 46.4 Å². The maximum absolute atomic E-state index is 12.2. The molecule has 1 amide bonds. The second-order valence-electron chi connectivity index (χ2n) is 10.3. The van der Waals surface area contributed by atoms with E-state index in [-0.39, 0.29) is 6.10 Å². The van der Waals surface area contributed by atoms with Gasteiger partial charge in [0, 0.05) is 19.6 Å². The van der Waals surface area contributed by atoms with Crippen molar-refractivity contribution in [3.63, 3.8) is 0 Å². The molecule has 0 radical (unpaired) electrons. The normalized spacial score (nSPS) is 20.5. The third-order valence-electron chi connectivity index (χ3n) is 7.24. The first-order valence-electron chi connectivity index (χ1n) is 13.4. The van der Waals surface area contributed by atoms with Gasteiger partial charge in [0.05, 0.1) is 26.7 Å². The van der Waals surface area contributed by atoms with Crippen molar-refractivity contribution in [3.8, 4) is 0 Å². The lowest BCUT2D eigenvalue weighted by Crippen LogP contribution is -2.52. The molecule has 1 unspecified atom stereocenters. The highest BCUT2D eigenvalue weighted by atomic mass is 16.5. The first kappa shape index (κ1) is 25.6. The Bertz CT molecular complexity index is 446. The molecule has 0 aromatic rings. The van der Waals surface area contributed by atoms with Crippen LogP contribution in [-0.2, 0) is 9.53 Å². The maximum Gasteiger partial charge on any atom is 0.222 e. The molecule has 2 rings (SSSR count). The molecule has 0 N–H and O–H groups in total. The molecule has 0 saturated carbocycles. The van der Waals surface area contributed by atoms with Gasteiger partial charge >= 0.3 is 0 Å². The largest absolute Gasteiger partial charge is 0.370 e. The van der Waals surface area contributed by atoms with Gasteiger partial charge in [-0.3, -0.25) is 4.79 Å². The fraction of sp³-hybridized carbons (Fsp3) is 0.962. The molecule has 2 heterocycles. The van der Waals surface area contributed by atoms with Crippen molar-refractivity contribution in [1.29, 1.82) is 0 Å².